The Hall–Kier alpha value is -2.44. The Labute approximate surface area is 104 Å². The number of hydrogen-bond acceptors (Lipinski definition) is 4. The van der Waals surface area contributed by atoms with Crippen LogP contribution in [-0.4, -0.2) is 32.1 Å². The largest absolute Gasteiger partial charge is 0.496 e. The molecule has 0 aliphatic heterocycles. The lowest BCUT2D eigenvalue weighted by atomic mass is 10.1. The summed E-state index contributed by atoms with van der Waals surface area (Å²) in [6, 6.07) is 4.12. The summed E-state index contributed by atoms with van der Waals surface area (Å²) in [5, 5.41) is 4.98. The van der Waals surface area contributed by atoms with Gasteiger partial charge in [0.15, 0.2) is 0 Å². The summed E-state index contributed by atoms with van der Waals surface area (Å²) >= 11 is 0. The molecule has 0 aliphatic carbocycles. The Morgan fingerprint density at radius 1 is 1.28 bits per heavy atom. The van der Waals surface area contributed by atoms with E-state index in [4.69, 9.17) is 16.2 Å². The van der Waals surface area contributed by atoms with Crippen molar-refractivity contribution in [1.82, 2.24) is 10.6 Å². The Morgan fingerprint density at radius 3 is 2.56 bits per heavy atom. The molecule has 0 aliphatic rings. The lowest BCUT2D eigenvalue weighted by Gasteiger charge is -2.10. The van der Waals surface area contributed by atoms with Crippen LogP contribution in [0.2, 0.25) is 0 Å². The van der Waals surface area contributed by atoms with Crippen LogP contribution in [0.15, 0.2) is 18.2 Å². The molecule has 0 aromatic heterocycles. The fourth-order valence-electron chi connectivity index (χ4n) is 1.35. The van der Waals surface area contributed by atoms with Gasteiger partial charge in [-0.05, 0) is 12.1 Å². The highest BCUT2D eigenvalue weighted by Gasteiger charge is 2.11. The van der Waals surface area contributed by atoms with Crippen molar-refractivity contribution in [3.63, 3.8) is 0 Å². The molecule has 0 bridgehead atoms. The molecule has 0 spiro atoms. The van der Waals surface area contributed by atoms with Crippen molar-refractivity contribution in [3.05, 3.63) is 23.8 Å². The molecule has 0 radical (unpaired) electrons. The van der Waals surface area contributed by atoms with E-state index in [1.54, 1.807) is 18.2 Å². The molecule has 0 saturated carbocycles. The van der Waals surface area contributed by atoms with Crippen molar-refractivity contribution >= 4 is 17.6 Å². The van der Waals surface area contributed by atoms with Crippen molar-refractivity contribution in [2.24, 2.45) is 5.73 Å². The van der Waals surface area contributed by atoms with Gasteiger partial charge in [-0.25, -0.2) is 4.79 Å². The standard InChI is InChI=1S/C11H16N4O3/c1-18-9-6-7(12)2-3-8(9)10(16)14-4-5-15-11(13)17/h2-3,6H,4-5,12H2,1H3,(H,14,16)(H3,13,15,17). The number of hydrogen-bond donors (Lipinski definition) is 4. The number of nitrogen functional groups attached to an aromatic ring is 1. The van der Waals surface area contributed by atoms with Crippen LogP contribution in [0.4, 0.5) is 10.5 Å². The third-order valence-corrected chi connectivity index (χ3v) is 2.18. The van der Waals surface area contributed by atoms with E-state index in [1.807, 2.05) is 0 Å². The van der Waals surface area contributed by atoms with E-state index in [0.29, 0.717) is 17.0 Å². The van der Waals surface area contributed by atoms with E-state index in [0.717, 1.165) is 0 Å². The van der Waals surface area contributed by atoms with Crippen molar-refractivity contribution in [2.45, 2.75) is 0 Å². The van der Waals surface area contributed by atoms with Gasteiger partial charge in [-0.15, -0.1) is 0 Å². The van der Waals surface area contributed by atoms with E-state index in [9.17, 15) is 9.59 Å². The number of urea groups is 1. The van der Waals surface area contributed by atoms with Crippen LogP contribution in [0.3, 0.4) is 0 Å². The van der Waals surface area contributed by atoms with Gasteiger partial charge in [0.05, 0.1) is 12.7 Å². The van der Waals surface area contributed by atoms with Gasteiger partial charge in [-0.2, -0.15) is 0 Å². The van der Waals surface area contributed by atoms with Crippen molar-refractivity contribution in [1.29, 1.82) is 0 Å². The van der Waals surface area contributed by atoms with Crippen LogP contribution >= 0.6 is 0 Å². The molecule has 1 aromatic rings. The third-order valence-electron chi connectivity index (χ3n) is 2.18. The Balaban J connectivity index is 2.58. The smallest absolute Gasteiger partial charge is 0.312 e. The quantitative estimate of drug-likeness (QED) is 0.424. The summed E-state index contributed by atoms with van der Waals surface area (Å²) in [7, 11) is 1.46. The summed E-state index contributed by atoms with van der Waals surface area (Å²) in [5.41, 5.74) is 11.4. The van der Waals surface area contributed by atoms with Crippen molar-refractivity contribution in [2.75, 3.05) is 25.9 Å². The number of benzene rings is 1. The van der Waals surface area contributed by atoms with Gasteiger partial charge in [-0.3, -0.25) is 4.79 Å². The topological polar surface area (TPSA) is 119 Å². The molecule has 1 aromatic carbocycles. The zero-order valence-corrected chi connectivity index (χ0v) is 10.0. The highest BCUT2D eigenvalue weighted by atomic mass is 16.5. The normalized spacial score (nSPS) is 9.61. The summed E-state index contributed by atoms with van der Waals surface area (Å²) in [5.74, 6) is 0.0912. The van der Waals surface area contributed by atoms with Crippen LogP contribution < -0.4 is 26.8 Å². The fourth-order valence-corrected chi connectivity index (χ4v) is 1.35. The first-order valence-electron chi connectivity index (χ1n) is 5.29. The van der Waals surface area contributed by atoms with Gasteiger partial charge in [0.1, 0.15) is 5.75 Å². The maximum atomic E-state index is 11.8. The minimum atomic E-state index is -0.630. The number of carbonyl (C=O) groups excluding carboxylic acids is 2. The maximum absolute atomic E-state index is 11.8. The lowest BCUT2D eigenvalue weighted by molar-refractivity contribution is 0.0951. The van der Waals surface area contributed by atoms with E-state index in [1.165, 1.54) is 7.11 Å². The maximum Gasteiger partial charge on any atom is 0.312 e. The van der Waals surface area contributed by atoms with Gasteiger partial charge in [0.2, 0.25) is 0 Å². The first kappa shape index (κ1) is 13.6. The van der Waals surface area contributed by atoms with Crippen LogP contribution in [-0.2, 0) is 0 Å². The Kier molecular flexibility index (Phi) is 4.79. The predicted molar refractivity (Wildman–Crippen MR) is 67.3 cm³/mol. The number of nitrogens with two attached hydrogens (primary N) is 2. The van der Waals surface area contributed by atoms with E-state index < -0.39 is 6.03 Å². The molecule has 1 rings (SSSR count). The molecular formula is C11H16N4O3. The summed E-state index contributed by atoms with van der Waals surface area (Å²) in [6.45, 7) is 0.535. The number of amides is 3. The molecule has 98 valence electrons. The van der Waals surface area contributed by atoms with Crippen LogP contribution in [0.25, 0.3) is 0 Å². The minimum absolute atomic E-state index is 0.262. The summed E-state index contributed by atoms with van der Waals surface area (Å²) < 4.78 is 5.06. The number of carbonyl (C=O) groups is 2. The van der Waals surface area contributed by atoms with Gasteiger partial charge in [-0.1, -0.05) is 0 Å². The molecule has 18 heavy (non-hydrogen) atoms. The summed E-state index contributed by atoms with van der Waals surface area (Å²) in [4.78, 5) is 22.2. The van der Waals surface area contributed by atoms with Gasteiger partial charge < -0.3 is 26.8 Å². The van der Waals surface area contributed by atoms with E-state index in [2.05, 4.69) is 10.6 Å². The molecule has 6 N–H and O–H groups in total. The molecule has 3 amide bonds. The minimum Gasteiger partial charge on any atom is -0.496 e. The lowest BCUT2D eigenvalue weighted by Crippen LogP contribution is -2.37. The van der Waals surface area contributed by atoms with Crippen molar-refractivity contribution in [3.8, 4) is 5.75 Å². The molecule has 7 nitrogen and oxygen atoms in total. The molecule has 0 saturated heterocycles. The number of rotatable bonds is 5. The SMILES string of the molecule is COc1cc(N)ccc1C(=O)NCCNC(N)=O. The van der Waals surface area contributed by atoms with Crippen LogP contribution in [0, 0.1) is 0 Å². The van der Waals surface area contributed by atoms with Crippen LogP contribution in [0.1, 0.15) is 10.4 Å². The Bertz CT molecular complexity index is 448. The van der Waals surface area contributed by atoms with E-state index in [-0.39, 0.29) is 19.0 Å². The number of nitrogens with one attached hydrogen (secondary N) is 2. The molecular weight excluding hydrogens is 236 g/mol. The average molecular weight is 252 g/mol. The summed E-state index contributed by atoms with van der Waals surface area (Å²) in [6.07, 6.45) is 0. The van der Waals surface area contributed by atoms with Crippen molar-refractivity contribution < 1.29 is 14.3 Å². The zero-order chi connectivity index (χ0) is 13.5. The fraction of sp³-hybridized carbons (Fsp3) is 0.273. The highest BCUT2D eigenvalue weighted by Crippen LogP contribution is 2.21. The highest BCUT2D eigenvalue weighted by molar-refractivity contribution is 5.97. The average Bonchev–Trinajstić information content (AvgIpc) is 2.33. The number of ether oxygens (including phenoxy) is 1. The second-order valence-electron chi connectivity index (χ2n) is 3.51. The monoisotopic (exact) mass is 252 g/mol. The van der Waals surface area contributed by atoms with Crippen LogP contribution in [0.5, 0.6) is 5.75 Å². The van der Waals surface area contributed by atoms with Gasteiger partial charge in [0, 0.05) is 24.8 Å². The third kappa shape index (κ3) is 3.85. The molecule has 0 heterocycles. The van der Waals surface area contributed by atoms with Gasteiger partial charge >= 0.3 is 6.03 Å². The number of methoxy groups -OCH3 is 1. The number of anilines is 1. The molecule has 0 fully saturated rings. The number of primary amides is 1. The predicted octanol–water partition coefficient (Wildman–Crippen LogP) is -0.324. The van der Waals surface area contributed by atoms with E-state index >= 15 is 0 Å². The van der Waals surface area contributed by atoms with Gasteiger partial charge in [0.25, 0.3) is 5.91 Å². The second kappa shape index (κ2) is 6.33. The molecule has 0 unspecified atom stereocenters. The second-order valence-corrected chi connectivity index (χ2v) is 3.51. The molecule has 0 atom stereocenters. The zero-order valence-electron chi connectivity index (χ0n) is 10.0. The first-order valence-corrected chi connectivity index (χ1v) is 5.29. The first-order chi connectivity index (χ1) is 8.54. The molecule has 7 heteroatoms. The Morgan fingerprint density at radius 2 is 1.94 bits per heavy atom.